The van der Waals surface area contributed by atoms with Crippen molar-refractivity contribution in [2.45, 2.75) is 32.4 Å². The summed E-state index contributed by atoms with van der Waals surface area (Å²) < 4.78 is 5.26. The van der Waals surface area contributed by atoms with E-state index >= 15 is 0 Å². The predicted molar refractivity (Wildman–Crippen MR) is 74.8 cm³/mol. The van der Waals surface area contributed by atoms with Crippen molar-refractivity contribution in [3.05, 3.63) is 35.9 Å². The van der Waals surface area contributed by atoms with Crippen molar-refractivity contribution in [1.29, 1.82) is 0 Å². The standard InChI is InChI=1S/C16H17NO3/c1-2-7-15(18)14-10-6-11-17(14)16(19)20-12-13-8-4-3-5-9-13/h3-5,8-9,14H,6,10-12H2,1H3. The molecule has 4 heteroatoms. The molecular formula is C16H17NO3. The molecule has 4 nitrogen and oxygen atoms in total. The van der Waals surface area contributed by atoms with Crippen molar-refractivity contribution in [3.63, 3.8) is 0 Å². The normalized spacial score (nSPS) is 17.2. The molecule has 0 saturated carbocycles. The van der Waals surface area contributed by atoms with E-state index in [-0.39, 0.29) is 12.4 Å². The lowest BCUT2D eigenvalue weighted by molar-refractivity contribution is -0.117. The van der Waals surface area contributed by atoms with Gasteiger partial charge in [-0.3, -0.25) is 9.69 Å². The number of ketones is 1. The smallest absolute Gasteiger partial charge is 0.410 e. The molecule has 1 aromatic carbocycles. The number of Topliss-reactive ketones (excluding diaryl/α,β-unsaturated/α-hetero) is 1. The van der Waals surface area contributed by atoms with Crippen LogP contribution in [-0.2, 0) is 16.1 Å². The van der Waals surface area contributed by atoms with Gasteiger partial charge in [0.2, 0.25) is 5.78 Å². The van der Waals surface area contributed by atoms with E-state index in [0.717, 1.165) is 12.0 Å². The molecule has 0 bridgehead atoms. The molecule has 1 amide bonds. The van der Waals surface area contributed by atoms with E-state index in [1.54, 1.807) is 6.92 Å². The maximum Gasteiger partial charge on any atom is 0.410 e. The van der Waals surface area contributed by atoms with Crippen LogP contribution in [0.3, 0.4) is 0 Å². The fourth-order valence-electron chi connectivity index (χ4n) is 2.27. The zero-order valence-electron chi connectivity index (χ0n) is 11.5. The van der Waals surface area contributed by atoms with E-state index in [9.17, 15) is 9.59 Å². The molecule has 0 aliphatic carbocycles. The summed E-state index contributed by atoms with van der Waals surface area (Å²) in [6.07, 6.45) is 1.03. The molecule has 0 spiro atoms. The number of hydrogen-bond donors (Lipinski definition) is 0. The van der Waals surface area contributed by atoms with Crippen LogP contribution in [-0.4, -0.2) is 29.4 Å². The van der Waals surface area contributed by atoms with Crippen molar-refractivity contribution < 1.29 is 14.3 Å². The molecule has 2 rings (SSSR count). The van der Waals surface area contributed by atoms with Crippen LogP contribution in [0.15, 0.2) is 30.3 Å². The zero-order valence-corrected chi connectivity index (χ0v) is 11.5. The number of carbonyl (C=O) groups excluding carboxylic acids is 2. The van der Waals surface area contributed by atoms with Gasteiger partial charge in [0, 0.05) is 6.54 Å². The Morgan fingerprint density at radius 1 is 1.35 bits per heavy atom. The molecular weight excluding hydrogens is 254 g/mol. The summed E-state index contributed by atoms with van der Waals surface area (Å²) in [5.74, 6) is 4.88. The topological polar surface area (TPSA) is 46.6 Å². The minimum absolute atomic E-state index is 0.207. The molecule has 1 saturated heterocycles. The summed E-state index contributed by atoms with van der Waals surface area (Å²) in [5.41, 5.74) is 0.927. The third kappa shape index (κ3) is 3.39. The van der Waals surface area contributed by atoms with Gasteiger partial charge >= 0.3 is 6.09 Å². The number of likely N-dealkylation sites (tertiary alicyclic amines) is 1. The number of amides is 1. The lowest BCUT2D eigenvalue weighted by Crippen LogP contribution is -2.40. The van der Waals surface area contributed by atoms with Gasteiger partial charge in [0.05, 0.1) is 0 Å². The Bertz CT molecular complexity index is 542. The molecule has 0 radical (unpaired) electrons. The SMILES string of the molecule is CC#CC(=O)C1CCCN1C(=O)OCc1ccccc1. The van der Waals surface area contributed by atoms with Crippen LogP contribution in [0.2, 0.25) is 0 Å². The first-order chi connectivity index (χ1) is 9.72. The first-order valence-corrected chi connectivity index (χ1v) is 6.66. The highest BCUT2D eigenvalue weighted by atomic mass is 16.6. The number of ether oxygens (including phenoxy) is 1. The summed E-state index contributed by atoms with van der Waals surface area (Å²) in [5, 5.41) is 0. The van der Waals surface area contributed by atoms with E-state index in [4.69, 9.17) is 4.74 Å². The van der Waals surface area contributed by atoms with Gasteiger partial charge in [-0.2, -0.15) is 0 Å². The van der Waals surface area contributed by atoms with Gasteiger partial charge in [0.15, 0.2) is 0 Å². The second kappa shape index (κ2) is 6.76. The molecule has 1 fully saturated rings. The summed E-state index contributed by atoms with van der Waals surface area (Å²) in [4.78, 5) is 25.3. The van der Waals surface area contributed by atoms with Crippen LogP contribution in [0.1, 0.15) is 25.3 Å². The molecule has 1 unspecified atom stereocenters. The molecule has 0 N–H and O–H groups in total. The van der Waals surface area contributed by atoms with E-state index in [1.165, 1.54) is 4.90 Å². The van der Waals surface area contributed by atoms with Crippen LogP contribution in [0.5, 0.6) is 0 Å². The van der Waals surface area contributed by atoms with Crippen molar-refractivity contribution in [3.8, 4) is 11.8 Å². The number of benzene rings is 1. The van der Waals surface area contributed by atoms with Crippen LogP contribution in [0.25, 0.3) is 0 Å². The van der Waals surface area contributed by atoms with Gasteiger partial charge in [-0.15, -0.1) is 0 Å². The van der Waals surface area contributed by atoms with E-state index in [2.05, 4.69) is 11.8 Å². The largest absolute Gasteiger partial charge is 0.445 e. The van der Waals surface area contributed by atoms with Crippen LogP contribution in [0, 0.1) is 11.8 Å². The third-order valence-corrected chi connectivity index (χ3v) is 3.24. The van der Waals surface area contributed by atoms with Gasteiger partial charge in [-0.05, 0) is 31.2 Å². The molecule has 104 valence electrons. The Hall–Kier alpha value is -2.28. The monoisotopic (exact) mass is 271 g/mol. The van der Waals surface area contributed by atoms with Gasteiger partial charge in [-0.25, -0.2) is 4.79 Å². The Morgan fingerprint density at radius 3 is 2.80 bits per heavy atom. The van der Waals surface area contributed by atoms with Crippen LogP contribution in [0.4, 0.5) is 4.79 Å². The third-order valence-electron chi connectivity index (χ3n) is 3.24. The molecule has 1 aromatic rings. The average Bonchev–Trinajstić information content (AvgIpc) is 2.96. The van der Waals surface area contributed by atoms with Gasteiger partial charge in [0.1, 0.15) is 12.6 Å². The van der Waals surface area contributed by atoms with Gasteiger partial charge < -0.3 is 4.74 Å². The number of carbonyl (C=O) groups is 2. The fraction of sp³-hybridized carbons (Fsp3) is 0.375. The number of hydrogen-bond acceptors (Lipinski definition) is 3. The van der Waals surface area contributed by atoms with Gasteiger partial charge in [0.25, 0.3) is 0 Å². The first kappa shape index (κ1) is 14.1. The maximum absolute atomic E-state index is 12.0. The highest BCUT2D eigenvalue weighted by Gasteiger charge is 2.34. The highest BCUT2D eigenvalue weighted by Crippen LogP contribution is 2.19. The first-order valence-electron chi connectivity index (χ1n) is 6.66. The Labute approximate surface area is 118 Å². The molecule has 0 aromatic heterocycles. The van der Waals surface area contributed by atoms with Crippen LogP contribution < -0.4 is 0 Å². The summed E-state index contributed by atoms with van der Waals surface area (Å²) >= 11 is 0. The number of nitrogens with zero attached hydrogens (tertiary/aromatic N) is 1. The fourth-order valence-corrected chi connectivity index (χ4v) is 2.27. The predicted octanol–water partition coefficient (Wildman–Crippen LogP) is 2.38. The zero-order chi connectivity index (χ0) is 14.4. The maximum atomic E-state index is 12.0. The Balaban J connectivity index is 1.94. The molecule has 1 aliphatic heterocycles. The average molecular weight is 271 g/mol. The van der Waals surface area contributed by atoms with Crippen molar-refractivity contribution in [1.82, 2.24) is 4.90 Å². The van der Waals surface area contributed by atoms with Gasteiger partial charge in [-0.1, -0.05) is 36.3 Å². The summed E-state index contributed by atoms with van der Waals surface area (Å²) in [6.45, 7) is 2.39. The highest BCUT2D eigenvalue weighted by molar-refractivity contribution is 6.01. The summed E-state index contributed by atoms with van der Waals surface area (Å²) in [6, 6.07) is 9.02. The Kier molecular flexibility index (Phi) is 4.78. The molecule has 1 heterocycles. The molecule has 1 aliphatic rings. The second-order valence-electron chi connectivity index (χ2n) is 4.63. The quantitative estimate of drug-likeness (QED) is 0.626. The van der Waals surface area contributed by atoms with E-state index < -0.39 is 12.1 Å². The second-order valence-corrected chi connectivity index (χ2v) is 4.63. The summed E-state index contributed by atoms with van der Waals surface area (Å²) in [7, 11) is 0. The van der Waals surface area contributed by atoms with Crippen molar-refractivity contribution in [2.75, 3.05) is 6.54 Å². The number of rotatable bonds is 3. The lowest BCUT2D eigenvalue weighted by atomic mass is 10.1. The van der Waals surface area contributed by atoms with Crippen molar-refractivity contribution in [2.24, 2.45) is 0 Å². The van der Waals surface area contributed by atoms with Crippen LogP contribution >= 0.6 is 0 Å². The minimum atomic E-state index is -0.453. The van der Waals surface area contributed by atoms with E-state index in [1.807, 2.05) is 30.3 Å². The van der Waals surface area contributed by atoms with E-state index in [0.29, 0.717) is 13.0 Å². The molecule has 1 atom stereocenters. The Morgan fingerprint density at radius 2 is 2.10 bits per heavy atom. The van der Waals surface area contributed by atoms with Crippen molar-refractivity contribution >= 4 is 11.9 Å². The minimum Gasteiger partial charge on any atom is -0.445 e. The lowest BCUT2D eigenvalue weighted by Gasteiger charge is -2.21. The molecule has 20 heavy (non-hydrogen) atoms.